The van der Waals surface area contributed by atoms with E-state index in [0.717, 1.165) is 145 Å². The summed E-state index contributed by atoms with van der Waals surface area (Å²) in [7, 11) is 0. The third-order valence-corrected chi connectivity index (χ3v) is 15.8. The van der Waals surface area contributed by atoms with E-state index in [0.29, 0.717) is 22.4 Å². The Morgan fingerprint density at radius 1 is 0.163 bits per heavy atom. The summed E-state index contributed by atoms with van der Waals surface area (Å²) < 4.78 is 0. The smallest absolute Gasteiger partial charge is 0.657 e. The number of hydrogen-bond donors (Lipinski definition) is 0. The van der Waals surface area contributed by atoms with Gasteiger partial charge in [0.25, 0.3) is 0 Å². The van der Waals surface area contributed by atoms with Gasteiger partial charge in [-0.05, 0) is 126 Å². The van der Waals surface area contributed by atoms with E-state index >= 15 is 0 Å². The second kappa shape index (κ2) is 22.6. The summed E-state index contributed by atoms with van der Waals surface area (Å²) in [4.78, 5) is 44.8. The molecule has 0 N–H and O–H groups in total. The number of rotatable bonds is 7. The number of benzene rings is 6. The molecule has 4 aliphatic heterocycles. The van der Waals surface area contributed by atoms with Crippen molar-refractivity contribution in [3.8, 4) is 77.9 Å². The van der Waals surface area contributed by atoms with Gasteiger partial charge in [-0.3, -0.25) is 0 Å². The van der Waals surface area contributed by atoms with Gasteiger partial charge >= 0.3 is 33.0 Å². The fourth-order valence-corrected chi connectivity index (χ4v) is 12.1. The molecule has 0 unspecified atom stereocenters. The molecule has 16 bridgehead atoms. The van der Waals surface area contributed by atoms with Crippen LogP contribution < -0.4 is 19.9 Å². The average molecular weight is 1190 g/mol. The zero-order chi connectivity index (χ0) is 55.5. The largest absolute Gasteiger partial charge is 2.00 e. The Balaban J connectivity index is 0.00000327. The predicted molar refractivity (Wildman–Crippen MR) is 345 cm³/mol. The second-order valence-corrected chi connectivity index (χ2v) is 20.9. The molecule has 12 aromatic rings. The topological polar surface area (TPSA) is 108 Å². The average Bonchev–Trinajstić information content (AvgIpc) is 2.13. The van der Waals surface area contributed by atoms with Crippen LogP contribution in [-0.4, -0.2) is 19.9 Å². The first-order chi connectivity index (χ1) is 41.6. The summed E-state index contributed by atoms with van der Waals surface area (Å²) in [6.45, 7) is 0. The first kappa shape index (κ1) is 53.5. The van der Waals surface area contributed by atoms with E-state index in [1.54, 1.807) is 0 Å². The Morgan fingerprint density at radius 2 is 0.302 bits per heavy atom. The quantitative estimate of drug-likeness (QED) is 0.145. The van der Waals surface area contributed by atoms with E-state index in [4.69, 9.17) is 39.9 Å². The normalized spacial score (nSPS) is 12.0. The molecule has 16 rings (SSSR count). The van der Waals surface area contributed by atoms with Gasteiger partial charge in [0, 0.05) is 0 Å². The maximum atomic E-state index is 5.70. The van der Waals surface area contributed by atoms with Crippen LogP contribution in [0.1, 0.15) is 45.6 Å². The molecule has 10 heterocycles. The zero-order valence-electron chi connectivity index (χ0n) is 45.8. The minimum atomic E-state index is 0. The van der Waals surface area contributed by atoms with Gasteiger partial charge in [0.15, 0.2) is 0 Å². The third-order valence-electron chi connectivity index (χ3n) is 15.8. The fraction of sp³-hybridized carbons (Fsp3) is 0. The summed E-state index contributed by atoms with van der Waals surface area (Å²) in [6.07, 6.45) is 16.8. The molecule has 0 saturated heterocycles. The van der Waals surface area contributed by atoms with Crippen LogP contribution in [0.5, 0.6) is 0 Å². The van der Waals surface area contributed by atoms with Crippen LogP contribution in [0.15, 0.2) is 231 Å². The maximum Gasteiger partial charge on any atom is 2.00 e. The first-order valence-electron chi connectivity index (χ1n) is 28.1. The molecule has 410 valence electrons. The Labute approximate surface area is 516 Å². The van der Waals surface area contributed by atoms with Gasteiger partial charge in [0.05, 0.1) is 45.6 Å². The molecule has 4 aliphatic rings. The van der Waals surface area contributed by atoms with Crippen molar-refractivity contribution in [1.82, 2.24) is 39.9 Å². The monoisotopic (exact) mass is 1190 g/mol. The molecule has 6 aromatic heterocycles. The molecule has 6 aromatic carbocycles. The number of hydrogen-bond acceptors (Lipinski definition) is 4. The van der Waals surface area contributed by atoms with Crippen molar-refractivity contribution in [2.45, 2.75) is 0 Å². The Bertz CT molecular complexity index is 4700. The minimum Gasteiger partial charge on any atom is -0.657 e. The van der Waals surface area contributed by atoms with Crippen LogP contribution in [0.4, 0.5) is 0 Å². The molecule has 0 fully saturated rings. The molecule has 0 atom stereocenters. The van der Waals surface area contributed by atoms with E-state index in [9.17, 15) is 0 Å². The van der Waals surface area contributed by atoms with Crippen LogP contribution in [-0.2, 0) is 33.0 Å². The Kier molecular flexibility index (Phi) is 14.1. The SMILES string of the molecule is C1=Cc2nc1c(-c1ccccc1)c1ccc([n-]1)c(-c1ccccc1)c1nc(c(-c3c4nc(c(-c5ccccc5)c5ccc([n-]5)c(-c5ccccc5)c5nc(c(-c6ccccc6)c6ccc3[n-]6)C=C5)C=C4)c3ccc([n-]3)c2-c2ccccc2)C=C1.[Ni+2].[Ni+2]. The molecule has 0 aliphatic carbocycles. The van der Waals surface area contributed by atoms with Crippen molar-refractivity contribution < 1.29 is 33.0 Å². The summed E-state index contributed by atoms with van der Waals surface area (Å²) >= 11 is 0. The molecule has 86 heavy (non-hydrogen) atoms. The second-order valence-electron chi connectivity index (χ2n) is 20.9. The molecular formula is C76H46N8Ni2. The van der Waals surface area contributed by atoms with E-state index in [-0.39, 0.29) is 33.0 Å². The number of aromatic nitrogens is 8. The van der Waals surface area contributed by atoms with Gasteiger partial charge in [-0.2, -0.15) is 0 Å². The maximum absolute atomic E-state index is 5.70. The molecule has 0 saturated carbocycles. The Hall–Kier alpha value is -10.5. The summed E-state index contributed by atoms with van der Waals surface area (Å²) in [5.74, 6) is 0. The van der Waals surface area contributed by atoms with Gasteiger partial charge in [-0.25, -0.2) is 19.9 Å². The van der Waals surface area contributed by atoms with E-state index in [1.807, 2.05) is 36.4 Å². The number of nitrogens with zero attached hydrogens (tertiary/aromatic N) is 8. The van der Waals surface area contributed by atoms with E-state index in [1.165, 1.54) is 0 Å². The zero-order valence-corrected chi connectivity index (χ0v) is 47.7. The van der Waals surface area contributed by atoms with Crippen LogP contribution in [0, 0.1) is 0 Å². The number of fused-ring (bicyclic) bond motifs is 16. The van der Waals surface area contributed by atoms with Crippen molar-refractivity contribution in [2.24, 2.45) is 0 Å². The molecule has 0 amide bonds. The van der Waals surface area contributed by atoms with Gasteiger partial charge in [-0.15, -0.1) is 44.1 Å². The van der Waals surface area contributed by atoms with Crippen molar-refractivity contribution in [3.63, 3.8) is 0 Å². The molecule has 10 heteroatoms. The summed E-state index contributed by atoms with van der Waals surface area (Å²) in [5.41, 5.74) is 25.1. The van der Waals surface area contributed by atoms with Crippen molar-refractivity contribution >= 4 is 92.7 Å². The first-order valence-corrected chi connectivity index (χ1v) is 28.1. The van der Waals surface area contributed by atoms with Crippen LogP contribution in [0.25, 0.3) is 171 Å². The summed E-state index contributed by atoms with van der Waals surface area (Å²) in [6, 6.07) is 79.3. The van der Waals surface area contributed by atoms with E-state index in [2.05, 4.69) is 243 Å². The van der Waals surface area contributed by atoms with Crippen LogP contribution in [0.3, 0.4) is 0 Å². The van der Waals surface area contributed by atoms with E-state index < -0.39 is 0 Å². The van der Waals surface area contributed by atoms with Gasteiger partial charge < -0.3 is 19.9 Å². The van der Waals surface area contributed by atoms with Crippen LogP contribution in [0.2, 0.25) is 0 Å². The predicted octanol–water partition coefficient (Wildman–Crippen LogP) is 17.8. The molecule has 0 radical (unpaired) electrons. The van der Waals surface area contributed by atoms with Gasteiger partial charge in [0.1, 0.15) is 0 Å². The third kappa shape index (κ3) is 9.52. The van der Waals surface area contributed by atoms with Crippen LogP contribution >= 0.6 is 0 Å². The van der Waals surface area contributed by atoms with Crippen molar-refractivity contribution in [3.05, 3.63) is 276 Å². The summed E-state index contributed by atoms with van der Waals surface area (Å²) in [5, 5.41) is 0. The molecular weight excluding hydrogens is 1140 g/mol. The Morgan fingerprint density at radius 3 is 0.465 bits per heavy atom. The van der Waals surface area contributed by atoms with Gasteiger partial charge in [-0.1, -0.05) is 231 Å². The van der Waals surface area contributed by atoms with Gasteiger partial charge in [0.2, 0.25) is 0 Å². The fourth-order valence-electron chi connectivity index (χ4n) is 12.1. The van der Waals surface area contributed by atoms with Crippen molar-refractivity contribution in [1.29, 1.82) is 0 Å². The standard InChI is InChI=1S/C76H46N8.2Ni/c1-7-19-47(20-8-1)69-53-31-35-57(77-53)71(49-23-11-3-12-24-49)61-39-43-65(81-61)75(66-44-40-62(82-66)72(50-25-13-4-14-26-50)58-36-32-54(69)78-58)76-67-45-41-63(83-67)73(51-27-15-5-16-28-51)59-37-33-55(79-59)70(48-21-9-2-10-22-48)56-34-38-60(80-56)74(52-29-17-6-18-30-52)64-42-46-68(76)84-64;;/h1-46H;;/q-4;2*+2. The molecule has 8 nitrogen and oxygen atoms in total. The molecule has 0 spiro atoms. The minimum absolute atomic E-state index is 0. The van der Waals surface area contributed by atoms with Crippen molar-refractivity contribution in [2.75, 3.05) is 0 Å².